The Morgan fingerprint density at radius 2 is 2.12 bits per heavy atom. The quantitative estimate of drug-likeness (QED) is 0.836. The molecular weight excluding hydrogens is 212 g/mol. The number of hydrogen-bond donors (Lipinski definition) is 2. The van der Waals surface area contributed by atoms with Crippen LogP contribution in [0.25, 0.3) is 0 Å². The minimum absolute atomic E-state index is 0.0300. The van der Waals surface area contributed by atoms with Crippen molar-refractivity contribution in [3.05, 3.63) is 18.3 Å². The summed E-state index contributed by atoms with van der Waals surface area (Å²) in [6.07, 6.45) is 6.08. The Kier molecular flexibility index (Phi) is 3.52. The van der Waals surface area contributed by atoms with Gasteiger partial charge in [-0.2, -0.15) is 0 Å². The average Bonchev–Trinajstić information content (AvgIpc) is 2.31. The van der Waals surface area contributed by atoms with Crippen molar-refractivity contribution in [3.63, 3.8) is 0 Å². The van der Waals surface area contributed by atoms with Gasteiger partial charge in [-0.15, -0.1) is 0 Å². The normalized spacial score (nSPS) is 19.3. The van der Waals surface area contributed by atoms with Crippen molar-refractivity contribution in [1.29, 1.82) is 0 Å². The average molecular weight is 234 g/mol. The first kappa shape index (κ1) is 12.2. The first-order chi connectivity index (χ1) is 8.14. The monoisotopic (exact) mass is 234 g/mol. The Morgan fingerprint density at radius 1 is 1.41 bits per heavy atom. The lowest BCUT2D eigenvalue weighted by Crippen LogP contribution is -2.50. The molecule has 0 amide bonds. The molecular formula is C13H22N4. The third kappa shape index (κ3) is 2.69. The van der Waals surface area contributed by atoms with E-state index in [1.165, 1.54) is 0 Å². The van der Waals surface area contributed by atoms with Crippen molar-refractivity contribution in [2.24, 2.45) is 5.73 Å². The fourth-order valence-electron chi connectivity index (χ4n) is 2.62. The van der Waals surface area contributed by atoms with Gasteiger partial charge in [0.25, 0.3) is 0 Å². The number of piperidine rings is 1. The third-order valence-electron chi connectivity index (χ3n) is 3.66. The predicted octanol–water partition coefficient (Wildman–Crippen LogP) is 1.76. The molecule has 0 radical (unpaired) electrons. The lowest BCUT2D eigenvalue weighted by Gasteiger charge is -2.40. The highest BCUT2D eigenvalue weighted by Gasteiger charge is 2.30. The summed E-state index contributed by atoms with van der Waals surface area (Å²) in [5, 5.41) is 0. The number of hydrogen-bond acceptors (Lipinski definition) is 4. The fraction of sp³-hybridized carbons (Fsp3) is 0.615. The molecule has 1 aromatic heterocycles. The Morgan fingerprint density at radius 3 is 2.71 bits per heavy atom. The maximum atomic E-state index is 6.37. The van der Waals surface area contributed by atoms with Crippen LogP contribution in [-0.4, -0.2) is 23.6 Å². The number of pyridine rings is 1. The number of nitrogens with two attached hydrogens (primary N) is 2. The van der Waals surface area contributed by atoms with Crippen molar-refractivity contribution in [2.45, 2.75) is 38.1 Å². The summed E-state index contributed by atoms with van der Waals surface area (Å²) in [6.45, 7) is 4.15. The van der Waals surface area contributed by atoms with Crippen LogP contribution in [0.4, 0.5) is 11.5 Å². The van der Waals surface area contributed by atoms with Gasteiger partial charge >= 0.3 is 0 Å². The number of aromatic nitrogens is 1. The van der Waals surface area contributed by atoms with Gasteiger partial charge in [0.15, 0.2) is 0 Å². The Labute approximate surface area is 103 Å². The second-order valence-electron chi connectivity index (χ2n) is 5.01. The Balaban J connectivity index is 2.02. The van der Waals surface area contributed by atoms with E-state index in [9.17, 15) is 0 Å². The van der Waals surface area contributed by atoms with Crippen LogP contribution in [0, 0.1) is 0 Å². The minimum atomic E-state index is 0.0300. The SMILES string of the molecule is CCCC1(N)CCN(c2cccnc2N)CC1. The van der Waals surface area contributed by atoms with E-state index >= 15 is 0 Å². The van der Waals surface area contributed by atoms with Gasteiger partial charge in [0, 0.05) is 24.8 Å². The van der Waals surface area contributed by atoms with E-state index < -0.39 is 0 Å². The van der Waals surface area contributed by atoms with Gasteiger partial charge < -0.3 is 16.4 Å². The lowest BCUT2D eigenvalue weighted by molar-refractivity contribution is 0.309. The molecule has 0 aliphatic carbocycles. The van der Waals surface area contributed by atoms with Crippen molar-refractivity contribution < 1.29 is 0 Å². The predicted molar refractivity (Wildman–Crippen MR) is 71.9 cm³/mol. The zero-order valence-corrected chi connectivity index (χ0v) is 10.5. The van der Waals surface area contributed by atoms with E-state index in [2.05, 4.69) is 16.8 Å². The molecule has 2 rings (SSSR count). The molecule has 17 heavy (non-hydrogen) atoms. The number of nitrogens with zero attached hydrogens (tertiary/aromatic N) is 2. The lowest BCUT2D eigenvalue weighted by atomic mass is 9.84. The molecule has 0 aromatic carbocycles. The van der Waals surface area contributed by atoms with Gasteiger partial charge in [-0.1, -0.05) is 13.3 Å². The molecule has 2 heterocycles. The third-order valence-corrected chi connectivity index (χ3v) is 3.66. The molecule has 94 valence electrons. The van der Waals surface area contributed by atoms with Crippen LogP contribution < -0.4 is 16.4 Å². The summed E-state index contributed by atoms with van der Waals surface area (Å²) >= 11 is 0. The first-order valence-corrected chi connectivity index (χ1v) is 6.39. The van der Waals surface area contributed by atoms with Crippen LogP contribution in [0.2, 0.25) is 0 Å². The van der Waals surface area contributed by atoms with Crippen molar-refractivity contribution in [2.75, 3.05) is 23.7 Å². The van der Waals surface area contributed by atoms with Crippen LogP contribution in [0.5, 0.6) is 0 Å². The van der Waals surface area contributed by atoms with E-state index in [0.29, 0.717) is 5.82 Å². The molecule has 0 spiro atoms. The summed E-state index contributed by atoms with van der Waals surface area (Å²) in [4.78, 5) is 6.43. The van der Waals surface area contributed by atoms with E-state index in [1.54, 1.807) is 6.20 Å². The van der Waals surface area contributed by atoms with Gasteiger partial charge in [0.1, 0.15) is 5.82 Å². The highest BCUT2D eigenvalue weighted by molar-refractivity contribution is 5.63. The van der Waals surface area contributed by atoms with Crippen molar-refractivity contribution >= 4 is 11.5 Å². The molecule has 0 bridgehead atoms. The van der Waals surface area contributed by atoms with E-state index in [-0.39, 0.29) is 5.54 Å². The van der Waals surface area contributed by atoms with E-state index in [4.69, 9.17) is 11.5 Å². The van der Waals surface area contributed by atoms with E-state index in [0.717, 1.165) is 44.5 Å². The Bertz CT molecular complexity index is 369. The van der Waals surface area contributed by atoms with Gasteiger partial charge in [0.2, 0.25) is 0 Å². The number of anilines is 2. The van der Waals surface area contributed by atoms with Gasteiger partial charge in [-0.3, -0.25) is 0 Å². The molecule has 0 saturated carbocycles. The van der Waals surface area contributed by atoms with Crippen LogP contribution in [0.1, 0.15) is 32.6 Å². The smallest absolute Gasteiger partial charge is 0.146 e. The molecule has 1 fully saturated rings. The maximum absolute atomic E-state index is 6.37. The maximum Gasteiger partial charge on any atom is 0.146 e. The van der Waals surface area contributed by atoms with Crippen LogP contribution in [0.3, 0.4) is 0 Å². The van der Waals surface area contributed by atoms with Crippen molar-refractivity contribution in [1.82, 2.24) is 4.98 Å². The van der Waals surface area contributed by atoms with Gasteiger partial charge in [0.05, 0.1) is 5.69 Å². The molecule has 1 saturated heterocycles. The second kappa shape index (κ2) is 4.92. The van der Waals surface area contributed by atoms with E-state index in [1.807, 2.05) is 12.1 Å². The highest BCUT2D eigenvalue weighted by atomic mass is 15.2. The number of rotatable bonds is 3. The molecule has 4 N–H and O–H groups in total. The zero-order chi connectivity index (χ0) is 12.3. The molecule has 0 atom stereocenters. The van der Waals surface area contributed by atoms with Crippen LogP contribution in [-0.2, 0) is 0 Å². The van der Waals surface area contributed by atoms with Gasteiger partial charge in [-0.25, -0.2) is 4.98 Å². The molecule has 1 aliphatic heterocycles. The van der Waals surface area contributed by atoms with Crippen molar-refractivity contribution in [3.8, 4) is 0 Å². The fourth-order valence-corrected chi connectivity index (χ4v) is 2.62. The summed E-state index contributed by atoms with van der Waals surface area (Å²) in [6, 6.07) is 3.97. The largest absolute Gasteiger partial charge is 0.382 e. The molecule has 4 heteroatoms. The molecule has 1 aromatic rings. The summed E-state index contributed by atoms with van der Waals surface area (Å²) < 4.78 is 0. The molecule has 1 aliphatic rings. The molecule has 4 nitrogen and oxygen atoms in total. The summed E-state index contributed by atoms with van der Waals surface area (Å²) in [7, 11) is 0. The zero-order valence-electron chi connectivity index (χ0n) is 10.5. The van der Waals surface area contributed by atoms with Gasteiger partial charge in [-0.05, 0) is 31.4 Å². The topological polar surface area (TPSA) is 68.2 Å². The first-order valence-electron chi connectivity index (χ1n) is 6.39. The standard InChI is InChI=1S/C13H22N4/c1-2-5-13(15)6-9-17(10-7-13)11-4-3-8-16-12(11)14/h3-4,8H,2,5-7,9-10,15H2,1H3,(H2,14,16). The summed E-state index contributed by atoms with van der Waals surface area (Å²) in [5.41, 5.74) is 13.3. The minimum Gasteiger partial charge on any atom is -0.382 e. The second-order valence-corrected chi connectivity index (χ2v) is 5.01. The van der Waals surface area contributed by atoms with Crippen LogP contribution >= 0.6 is 0 Å². The highest BCUT2D eigenvalue weighted by Crippen LogP contribution is 2.29. The molecule has 0 unspecified atom stereocenters. The Hall–Kier alpha value is -1.29. The summed E-state index contributed by atoms with van der Waals surface area (Å²) in [5.74, 6) is 0.618. The van der Waals surface area contributed by atoms with Crippen LogP contribution in [0.15, 0.2) is 18.3 Å². The number of nitrogen functional groups attached to an aromatic ring is 1.